The molecule has 4 aromatic rings. The molecule has 2 heterocycles. The van der Waals surface area contributed by atoms with Crippen molar-refractivity contribution in [3.8, 4) is 11.4 Å². The Balaban J connectivity index is 1.58. The van der Waals surface area contributed by atoms with Gasteiger partial charge >= 0.3 is 0 Å². The summed E-state index contributed by atoms with van der Waals surface area (Å²) in [4.78, 5) is 13.0. The van der Waals surface area contributed by atoms with Gasteiger partial charge in [0.25, 0.3) is 5.91 Å². The maximum absolute atomic E-state index is 13.0. The summed E-state index contributed by atoms with van der Waals surface area (Å²) in [7, 11) is 0. The van der Waals surface area contributed by atoms with E-state index < -0.39 is 0 Å². The Bertz CT molecular complexity index is 1080. The van der Waals surface area contributed by atoms with Crippen molar-refractivity contribution >= 4 is 5.91 Å². The van der Waals surface area contributed by atoms with E-state index in [2.05, 4.69) is 15.5 Å². The molecule has 2 aromatic heterocycles. The first-order valence-electron chi connectivity index (χ1n) is 9.15. The smallest absolute Gasteiger partial charge is 0.253 e. The number of carbonyl (C=O) groups is 1. The van der Waals surface area contributed by atoms with Gasteiger partial charge < -0.3 is 5.32 Å². The number of amides is 1. The predicted octanol–water partition coefficient (Wildman–Crippen LogP) is 3.86. The van der Waals surface area contributed by atoms with E-state index in [1.54, 1.807) is 16.9 Å². The molecule has 28 heavy (non-hydrogen) atoms. The van der Waals surface area contributed by atoms with Crippen LogP contribution in [0.25, 0.3) is 11.4 Å². The minimum absolute atomic E-state index is 0.148. The molecule has 1 atom stereocenters. The number of hydrogen-bond donors (Lipinski definition) is 1. The highest BCUT2D eigenvalue weighted by atomic mass is 16.1. The molecule has 0 spiro atoms. The molecule has 2 aromatic carbocycles. The summed E-state index contributed by atoms with van der Waals surface area (Å²) in [6.45, 7) is 3.98. The van der Waals surface area contributed by atoms with E-state index in [-0.39, 0.29) is 11.9 Å². The molecular formula is C22H21N5O. The third kappa shape index (κ3) is 3.32. The molecule has 0 aliphatic carbocycles. The normalized spacial score (nSPS) is 11.9. The van der Waals surface area contributed by atoms with Gasteiger partial charge in [0, 0.05) is 23.7 Å². The summed E-state index contributed by atoms with van der Waals surface area (Å²) in [5.74, 6) is -0.148. The Kier molecular flexibility index (Phi) is 4.76. The lowest BCUT2D eigenvalue weighted by Crippen LogP contribution is -2.28. The summed E-state index contributed by atoms with van der Waals surface area (Å²) >= 11 is 0. The average molecular weight is 371 g/mol. The number of benzene rings is 2. The SMILES string of the molecule is Cc1c(C(C)NC(=O)c2ccccc2-n2cccn2)cnn1-c1ccccc1. The van der Waals surface area contributed by atoms with Gasteiger partial charge in [-0.2, -0.15) is 10.2 Å². The molecule has 1 N–H and O–H groups in total. The zero-order chi connectivity index (χ0) is 19.5. The minimum atomic E-state index is -0.185. The van der Waals surface area contributed by atoms with Crippen LogP contribution in [-0.2, 0) is 0 Å². The third-order valence-electron chi connectivity index (χ3n) is 4.76. The van der Waals surface area contributed by atoms with Crippen LogP contribution in [-0.4, -0.2) is 25.5 Å². The van der Waals surface area contributed by atoms with Gasteiger partial charge in [0.05, 0.1) is 29.2 Å². The van der Waals surface area contributed by atoms with E-state index in [4.69, 9.17) is 0 Å². The van der Waals surface area contributed by atoms with Crippen LogP contribution in [0.1, 0.15) is 34.6 Å². The highest BCUT2D eigenvalue weighted by Gasteiger charge is 2.19. The predicted molar refractivity (Wildman–Crippen MR) is 108 cm³/mol. The molecule has 1 amide bonds. The zero-order valence-electron chi connectivity index (χ0n) is 15.8. The fourth-order valence-corrected chi connectivity index (χ4v) is 3.31. The number of para-hydroxylation sites is 2. The van der Waals surface area contributed by atoms with E-state index in [9.17, 15) is 4.79 Å². The summed E-state index contributed by atoms with van der Waals surface area (Å²) in [5, 5.41) is 11.8. The van der Waals surface area contributed by atoms with Gasteiger partial charge in [0.15, 0.2) is 0 Å². The topological polar surface area (TPSA) is 64.7 Å². The molecule has 6 nitrogen and oxygen atoms in total. The number of nitrogens with one attached hydrogen (secondary N) is 1. The molecule has 0 fully saturated rings. The Morgan fingerprint density at radius 3 is 2.50 bits per heavy atom. The number of nitrogens with zero attached hydrogens (tertiary/aromatic N) is 4. The van der Waals surface area contributed by atoms with E-state index >= 15 is 0 Å². The van der Waals surface area contributed by atoms with Crippen LogP contribution < -0.4 is 5.32 Å². The Morgan fingerprint density at radius 1 is 1.00 bits per heavy atom. The first-order chi connectivity index (χ1) is 13.6. The van der Waals surface area contributed by atoms with Crippen molar-refractivity contribution in [2.24, 2.45) is 0 Å². The third-order valence-corrected chi connectivity index (χ3v) is 4.76. The largest absolute Gasteiger partial charge is 0.345 e. The lowest BCUT2D eigenvalue weighted by atomic mass is 10.1. The van der Waals surface area contributed by atoms with Crippen molar-refractivity contribution in [1.29, 1.82) is 0 Å². The van der Waals surface area contributed by atoms with E-state index in [1.165, 1.54) is 0 Å². The first kappa shape index (κ1) is 17.7. The van der Waals surface area contributed by atoms with Crippen molar-refractivity contribution in [2.45, 2.75) is 19.9 Å². The number of rotatable bonds is 5. The van der Waals surface area contributed by atoms with Crippen molar-refractivity contribution in [3.05, 3.63) is 96.1 Å². The van der Waals surface area contributed by atoms with E-state index in [0.717, 1.165) is 22.6 Å². The average Bonchev–Trinajstić information content (AvgIpc) is 3.38. The Labute approximate surface area is 163 Å². The molecule has 140 valence electrons. The van der Waals surface area contributed by atoms with Crippen LogP contribution >= 0.6 is 0 Å². The number of hydrogen-bond acceptors (Lipinski definition) is 3. The number of aromatic nitrogens is 4. The molecule has 1 unspecified atom stereocenters. The van der Waals surface area contributed by atoms with Crippen molar-refractivity contribution < 1.29 is 4.79 Å². The standard InChI is InChI=1S/C22H21N5O/c1-16(20-15-24-27(17(20)2)18-9-4-3-5-10-18)25-22(28)19-11-6-7-12-21(19)26-14-8-13-23-26/h3-16H,1-2H3,(H,25,28). The monoisotopic (exact) mass is 371 g/mol. The Morgan fingerprint density at radius 2 is 1.75 bits per heavy atom. The summed E-state index contributed by atoms with van der Waals surface area (Å²) in [5.41, 5.74) is 4.29. The molecular weight excluding hydrogens is 350 g/mol. The van der Waals surface area contributed by atoms with Gasteiger partial charge in [-0.3, -0.25) is 4.79 Å². The van der Waals surface area contributed by atoms with Gasteiger partial charge in [-0.1, -0.05) is 30.3 Å². The number of carbonyl (C=O) groups excluding carboxylic acids is 1. The molecule has 0 saturated carbocycles. The highest BCUT2D eigenvalue weighted by Crippen LogP contribution is 2.21. The quantitative estimate of drug-likeness (QED) is 0.579. The van der Waals surface area contributed by atoms with Gasteiger partial charge in [0.1, 0.15) is 0 Å². The summed E-state index contributed by atoms with van der Waals surface area (Å²) in [6.07, 6.45) is 5.33. The molecule has 0 radical (unpaired) electrons. The van der Waals surface area contributed by atoms with Gasteiger partial charge in [-0.15, -0.1) is 0 Å². The lowest BCUT2D eigenvalue weighted by Gasteiger charge is -2.16. The second kappa shape index (κ2) is 7.52. The second-order valence-corrected chi connectivity index (χ2v) is 6.60. The molecule has 4 rings (SSSR count). The molecule has 6 heteroatoms. The first-order valence-corrected chi connectivity index (χ1v) is 9.15. The van der Waals surface area contributed by atoms with Crippen molar-refractivity contribution in [1.82, 2.24) is 24.9 Å². The molecule has 0 bridgehead atoms. The van der Waals surface area contributed by atoms with Crippen LogP contribution in [0.5, 0.6) is 0 Å². The van der Waals surface area contributed by atoms with Crippen molar-refractivity contribution in [3.63, 3.8) is 0 Å². The summed E-state index contributed by atoms with van der Waals surface area (Å²) < 4.78 is 3.58. The van der Waals surface area contributed by atoms with Gasteiger partial charge in [0.2, 0.25) is 0 Å². The molecule has 0 saturated heterocycles. The second-order valence-electron chi connectivity index (χ2n) is 6.60. The van der Waals surface area contributed by atoms with Crippen LogP contribution in [0.2, 0.25) is 0 Å². The highest BCUT2D eigenvalue weighted by molar-refractivity contribution is 5.98. The van der Waals surface area contributed by atoms with Gasteiger partial charge in [-0.05, 0) is 44.2 Å². The lowest BCUT2D eigenvalue weighted by molar-refractivity contribution is 0.0939. The zero-order valence-corrected chi connectivity index (χ0v) is 15.8. The molecule has 0 aliphatic heterocycles. The van der Waals surface area contributed by atoms with Crippen molar-refractivity contribution in [2.75, 3.05) is 0 Å². The van der Waals surface area contributed by atoms with Crippen LogP contribution in [0, 0.1) is 6.92 Å². The van der Waals surface area contributed by atoms with Crippen LogP contribution in [0.15, 0.2) is 79.3 Å². The molecule has 0 aliphatic rings. The summed E-state index contributed by atoms with van der Waals surface area (Å²) in [6, 6.07) is 19.0. The van der Waals surface area contributed by atoms with Crippen LogP contribution in [0.3, 0.4) is 0 Å². The van der Waals surface area contributed by atoms with E-state index in [1.807, 2.05) is 85.5 Å². The minimum Gasteiger partial charge on any atom is -0.345 e. The Hall–Kier alpha value is -3.67. The maximum atomic E-state index is 13.0. The van der Waals surface area contributed by atoms with Gasteiger partial charge in [-0.25, -0.2) is 9.36 Å². The van der Waals surface area contributed by atoms with Crippen LogP contribution in [0.4, 0.5) is 0 Å². The fourth-order valence-electron chi connectivity index (χ4n) is 3.31. The van der Waals surface area contributed by atoms with E-state index in [0.29, 0.717) is 5.56 Å². The fraction of sp³-hybridized carbons (Fsp3) is 0.136. The maximum Gasteiger partial charge on any atom is 0.253 e.